The topological polar surface area (TPSA) is 26.3 Å². The molecule has 0 N–H and O–H groups in total. The van der Waals surface area contributed by atoms with E-state index in [1.165, 1.54) is 10.8 Å². The maximum absolute atomic E-state index is 11.2. The summed E-state index contributed by atoms with van der Waals surface area (Å²) in [6.07, 6.45) is 0.451. The standard InChI is InChI=1S/C14H12O2/c15-11-8-14(16-9-11)13-7-3-5-10-4-1-2-6-12(10)13/h1-7,14H,8-9H2. The Morgan fingerprint density at radius 2 is 1.88 bits per heavy atom. The van der Waals surface area contributed by atoms with Crippen LogP contribution in [0.2, 0.25) is 0 Å². The van der Waals surface area contributed by atoms with E-state index in [4.69, 9.17) is 4.74 Å². The SMILES string of the molecule is O=C1COC(c2cccc3ccccc23)C1. The number of benzene rings is 2. The first-order valence-electron chi connectivity index (χ1n) is 5.45. The van der Waals surface area contributed by atoms with E-state index in [1.807, 2.05) is 24.3 Å². The Balaban J connectivity index is 2.13. The minimum absolute atomic E-state index is 0.0569. The molecule has 3 rings (SSSR count). The number of carbonyl (C=O) groups is 1. The summed E-state index contributed by atoms with van der Waals surface area (Å²) in [5.41, 5.74) is 1.13. The maximum atomic E-state index is 11.2. The van der Waals surface area contributed by atoms with Gasteiger partial charge in [-0.1, -0.05) is 42.5 Å². The van der Waals surface area contributed by atoms with Crippen LogP contribution in [0.3, 0.4) is 0 Å². The highest BCUT2D eigenvalue weighted by molar-refractivity contribution is 5.88. The molecule has 1 aliphatic rings. The third-order valence-electron chi connectivity index (χ3n) is 3.03. The van der Waals surface area contributed by atoms with Crippen LogP contribution in [0.5, 0.6) is 0 Å². The predicted octanol–water partition coefficient (Wildman–Crippen LogP) is 2.87. The number of ketones is 1. The van der Waals surface area contributed by atoms with Crippen molar-refractivity contribution in [2.75, 3.05) is 6.61 Å². The van der Waals surface area contributed by atoms with Crippen molar-refractivity contribution in [2.45, 2.75) is 12.5 Å². The molecule has 0 amide bonds. The van der Waals surface area contributed by atoms with E-state index >= 15 is 0 Å². The fourth-order valence-corrected chi connectivity index (χ4v) is 2.25. The second-order valence-corrected chi connectivity index (χ2v) is 4.11. The predicted molar refractivity (Wildman–Crippen MR) is 62.3 cm³/mol. The van der Waals surface area contributed by atoms with Gasteiger partial charge in [-0.3, -0.25) is 4.79 Å². The number of rotatable bonds is 1. The minimum Gasteiger partial charge on any atom is -0.365 e. The van der Waals surface area contributed by atoms with Gasteiger partial charge in [0.2, 0.25) is 0 Å². The lowest BCUT2D eigenvalue weighted by atomic mass is 9.99. The van der Waals surface area contributed by atoms with Crippen LogP contribution in [0.1, 0.15) is 18.1 Å². The third kappa shape index (κ3) is 1.51. The van der Waals surface area contributed by atoms with Crippen LogP contribution in [0.25, 0.3) is 10.8 Å². The lowest BCUT2D eigenvalue weighted by Gasteiger charge is -2.11. The summed E-state index contributed by atoms with van der Waals surface area (Å²) in [7, 11) is 0. The molecule has 1 saturated heterocycles. The lowest BCUT2D eigenvalue weighted by molar-refractivity contribution is -0.117. The molecule has 80 valence electrons. The van der Waals surface area contributed by atoms with Crippen LogP contribution in [0, 0.1) is 0 Å². The summed E-state index contributed by atoms with van der Waals surface area (Å²) >= 11 is 0. The second kappa shape index (κ2) is 3.72. The van der Waals surface area contributed by atoms with Crippen molar-refractivity contribution >= 4 is 16.6 Å². The molecule has 16 heavy (non-hydrogen) atoms. The molecule has 0 aromatic heterocycles. The van der Waals surface area contributed by atoms with Crippen molar-refractivity contribution < 1.29 is 9.53 Å². The van der Waals surface area contributed by atoms with Gasteiger partial charge in [0.25, 0.3) is 0 Å². The first kappa shape index (κ1) is 9.55. The summed E-state index contributed by atoms with van der Waals surface area (Å²) in [6.45, 7) is 0.258. The molecule has 0 bridgehead atoms. The zero-order valence-electron chi connectivity index (χ0n) is 8.85. The number of carbonyl (C=O) groups excluding carboxylic acids is 1. The van der Waals surface area contributed by atoms with Crippen LogP contribution in [0.15, 0.2) is 42.5 Å². The van der Waals surface area contributed by atoms with Gasteiger partial charge in [-0.25, -0.2) is 0 Å². The molecule has 2 aromatic carbocycles. The summed E-state index contributed by atoms with van der Waals surface area (Å²) < 4.78 is 5.51. The fourth-order valence-electron chi connectivity index (χ4n) is 2.25. The largest absolute Gasteiger partial charge is 0.365 e. The minimum atomic E-state index is -0.0569. The molecule has 2 aromatic rings. The van der Waals surface area contributed by atoms with Crippen LogP contribution < -0.4 is 0 Å². The second-order valence-electron chi connectivity index (χ2n) is 4.11. The molecule has 2 nitrogen and oxygen atoms in total. The number of Topliss-reactive ketones (excluding diaryl/α,β-unsaturated/α-hetero) is 1. The molecular weight excluding hydrogens is 200 g/mol. The molecule has 1 fully saturated rings. The van der Waals surface area contributed by atoms with E-state index in [9.17, 15) is 4.79 Å². The monoisotopic (exact) mass is 212 g/mol. The zero-order valence-corrected chi connectivity index (χ0v) is 8.85. The Morgan fingerprint density at radius 3 is 2.69 bits per heavy atom. The molecule has 1 unspecified atom stereocenters. The number of ether oxygens (including phenoxy) is 1. The number of fused-ring (bicyclic) bond motifs is 1. The Morgan fingerprint density at radius 1 is 1.06 bits per heavy atom. The summed E-state index contributed by atoms with van der Waals surface area (Å²) in [5, 5.41) is 2.38. The average Bonchev–Trinajstić information content (AvgIpc) is 2.75. The van der Waals surface area contributed by atoms with Crippen LogP contribution in [-0.4, -0.2) is 12.4 Å². The Hall–Kier alpha value is -1.67. The Labute approximate surface area is 93.8 Å². The zero-order chi connectivity index (χ0) is 11.0. The van der Waals surface area contributed by atoms with Gasteiger partial charge in [0.05, 0.1) is 6.10 Å². The van der Waals surface area contributed by atoms with Crippen LogP contribution >= 0.6 is 0 Å². The molecule has 0 saturated carbocycles. The Bertz CT molecular complexity index is 540. The van der Waals surface area contributed by atoms with E-state index in [0.29, 0.717) is 6.42 Å². The smallest absolute Gasteiger partial charge is 0.161 e. The Kier molecular flexibility index (Phi) is 2.22. The van der Waals surface area contributed by atoms with Gasteiger partial charge < -0.3 is 4.74 Å². The molecule has 0 radical (unpaired) electrons. The van der Waals surface area contributed by atoms with Crippen molar-refractivity contribution in [2.24, 2.45) is 0 Å². The van der Waals surface area contributed by atoms with E-state index < -0.39 is 0 Å². The first-order chi connectivity index (χ1) is 7.84. The van der Waals surface area contributed by atoms with E-state index in [2.05, 4.69) is 18.2 Å². The quantitative estimate of drug-likeness (QED) is 0.726. The highest BCUT2D eigenvalue weighted by Crippen LogP contribution is 2.31. The van der Waals surface area contributed by atoms with Gasteiger partial charge in [0.1, 0.15) is 6.61 Å². The van der Waals surface area contributed by atoms with Crippen molar-refractivity contribution in [3.63, 3.8) is 0 Å². The van der Waals surface area contributed by atoms with Crippen LogP contribution in [0.4, 0.5) is 0 Å². The van der Waals surface area contributed by atoms with Gasteiger partial charge in [-0.05, 0) is 16.3 Å². The van der Waals surface area contributed by atoms with Crippen molar-refractivity contribution in [1.29, 1.82) is 0 Å². The molecular formula is C14H12O2. The summed E-state index contributed by atoms with van der Waals surface area (Å²) in [6, 6.07) is 14.3. The van der Waals surface area contributed by atoms with Crippen LogP contribution in [-0.2, 0) is 9.53 Å². The van der Waals surface area contributed by atoms with E-state index in [-0.39, 0.29) is 18.5 Å². The van der Waals surface area contributed by atoms with Gasteiger partial charge in [0.15, 0.2) is 5.78 Å². The first-order valence-corrected chi connectivity index (χ1v) is 5.45. The van der Waals surface area contributed by atoms with Crippen molar-refractivity contribution in [3.05, 3.63) is 48.0 Å². The van der Waals surface area contributed by atoms with Gasteiger partial charge in [0, 0.05) is 6.42 Å². The fraction of sp³-hybridized carbons (Fsp3) is 0.214. The van der Waals surface area contributed by atoms with E-state index in [0.717, 1.165) is 5.56 Å². The average molecular weight is 212 g/mol. The third-order valence-corrected chi connectivity index (χ3v) is 3.03. The highest BCUT2D eigenvalue weighted by atomic mass is 16.5. The molecule has 1 atom stereocenters. The summed E-state index contributed by atoms with van der Waals surface area (Å²) in [4.78, 5) is 11.2. The number of hydrogen-bond acceptors (Lipinski definition) is 2. The molecule has 1 aliphatic heterocycles. The lowest BCUT2D eigenvalue weighted by Crippen LogP contribution is -1.96. The molecule has 0 spiro atoms. The molecule has 2 heteroatoms. The van der Waals surface area contributed by atoms with Gasteiger partial charge in [-0.15, -0.1) is 0 Å². The normalized spacial score (nSPS) is 20.5. The van der Waals surface area contributed by atoms with E-state index in [1.54, 1.807) is 0 Å². The summed E-state index contributed by atoms with van der Waals surface area (Å²) in [5.74, 6) is 0.193. The van der Waals surface area contributed by atoms with Gasteiger partial charge in [-0.2, -0.15) is 0 Å². The number of hydrogen-bond donors (Lipinski definition) is 0. The van der Waals surface area contributed by atoms with Gasteiger partial charge >= 0.3 is 0 Å². The molecule has 1 heterocycles. The van der Waals surface area contributed by atoms with Crippen molar-refractivity contribution in [3.8, 4) is 0 Å². The molecule has 0 aliphatic carbocycles. The highest BCUT2D eigenvalue weighted by Gasteiger charge is 2.25. The van der Waals surface area contributed by atoms with Crippen molar-refractivity contribution in [1.82, 2.24) is 0 Å². The maximum Gasteiger partial charge on any atom is 0.161 e.